The number of aromatic nitrogens is 3. The summed E-state index contributed by atoms with van der Waals surface area (Å²) in [6.45, 7) is 1.44. The van der Waals surface area contributed by atoms with Gasteiger partial charge in [0.05, 0.1) is 11.3 Å². The van der Waals surface area contributed by atoms with E-state index in [2.05, 4.69) is 15.2 Å². The van der Waals surface area contributed by atoms with Crippen molar-refractivity contribution in [2.45, 2.75) is 13.1 Å². The van der Waals surface area contributed by atoms with E-state index < -0.39 is 5.97 Å². The first-order chi connectivity index (χ1) is 9.04. The maximum atomic E-state index is 10.7. The van der Waals surface area contributed by atoms with Crippen LogP contribution in [0.5, 0.6) is 0 Å². The highest BCUT2D eigenvalue weighted by molar-refractivity contribution is 5.87. The van der Waals surface area contributed by atoms with E-state index >= 15 is 0 Å². The second-order valence-corrected chi connectivity index (χ2v) is 4.56. The summed E-state index contributed by atoms with van der Waals surface area (Å²) in [4.78, 5) is 12.8. The minimum atomic E-state index is -0.903. The number of carboxylic acid groups (broad SMARTS) is 1. The smallest absolute Gasteiger partial charge is 0.335 e. The predicted molar refractivity (Wildman–Crippen MR) is 69.6 cm³/mol. The third-order valence-corrected chi connectivity index (χ3v) is 2.74. The SMILES string of the molecule is CN(Cc1ccc(C(=O)O)cc1)Cc1cn(C)nn1. The Balaban J connectivity index is 1.94. The number of aromatic carboxylic acids is 1. The zero-order valence-corrected chi connectivity index (χ0v) is 10.9. The zero-order valence-electron chi connectivity index (χ0n) is 10.9. The molecule has 1 aromatic carbocycles. The van der Waals surface area contributed by atoms with Crippen LogP contribution >= 0.6 is 0 Å². The second-order valence-electron chi connectivity index (χ2n) is 4.56. The Hall–Kier alpha value is -2.21. The lowest BCUT2D eigenvalue weighted by Gasteiger charge is -2.14. The molecule has 0 aliphatic heterocycles. The van der Waals surface area contributed by atoms with Gasteiger partial charge in [0.25, 0.3) is 0 Å². The molecular formula is C13H16N4O2. The van der Waals surface area contributed by atoms with Crippen molar-refractivity contribution in [3.63, 3.8) is 0 Å². The molecule has 100 valence electrons. The number of benzene rings is 1. The molecule has 0 radical (unpaired) electrons. The molecule has 0 amide bonds. The first kappa shape index (κ1) is 13.2. The van der Waals surface area contributed by atoms with E-state index in [9.17, 15) is 4.79 Å². The number of carboxylic acids is 1. The third-order valence-electron chi connectivity index (χ3n) is 2.74. The molecule has 0 bridgehead atoms. The summed E-state index contributed by atoms with van der Waals surface area (Å²) in [5.41, 5.74) is 2.28. The summed E-state index contributed by atoms with van der Waals surface area (Å²) in [6.07, 6.45) is 1.88. The molecule has 0 spiro atoms. The van der Waals surface area contributed by atoms with E-state index in [1.165, 1.54) is 0 Å². The van der Waals surface area contributed by atoms with Crippen LogP contribution in [0.2, 0.25) is 0 Å². The fourth-order valence-electron chi connectivity index (χ4n) is 1.86. The maximum Gasteiger partial charge on any atom is 0.335 e. The molecule has 0 saturated heterocycles. The van der Waals surface area contributed by atoms with E-state index in [-0.39, 0.29) is 0 Å². The van der Waals surface area contributed by atoms with E-state index in [1.807, 2.05) is 32.4 Å². The number of rotatable bonds is 5. The van der Waals surface area contributed by atoms with Gasteiger partial charge in [0, 0.05) is 26.3 Å². The molecule has 1 heterocycles. The molecule has 2 aromatic rings. The maximum absolute atomic E-state index is 10.7. The van der Waals surface area contributed by atoms with E-state index in [1.54, 1.807) is 16.8 Å². The fraction of sp³-hybridized carbons (Fsp3) is 0.308. The second kappa shape index (κ2) is 5.62. The van der Waals surface area contributed by atoms with Crippen LogP contribution in [0.15, 0.2) is 30.5 Å². The van der Waals surface area contributed by atoms with Crippen molar-refractivity contribution in [1.82, 2.24) is 19.9 Å². The van der Waals surface area contributed by atoms with Crippen LogP contribution in [0.25, 0.3) is 0 Å². The highest BCUT2D eigenvalue weighted by Crippen LogP contribution is 2.08. The van der Waals surface area contributed by atoms with Crippen LogP contribution in [0, 0.1) is 0 Å². The average Bonchev–Trinajstić information content (AvgIpc) is 2.75. The number of hydrogen-bond acceptors (Lipinski definition) is 4. The fourth-order valence-corrected chi connectivity index (χ4v) is 1.86. The van der Waals surface area contributed by atoms with Gasteiger partial charge < -0.3 is 5.11 Å². The Kier molecular flexibility index (Phi) is 3.91. The van der Waals surface area contributed by atoms with Crippen molar-refractivity contribution in [3.8, 4) is 0 Å². The van der Waals surface area contributed by atoms with Crippen LogP contribution in [0.4, 0.5) is 0 Å². The Morgan fingerprint density at radius 2 is 2.00 bits per heavy atom. The van der Waals surface area contributed by atoms with Gasteiger partial charge in [-0.15, -0.1) is 5.10 Å². The molecule has 0 aliphatic carbocycles. The van der Waals surface area contributed by atoms with Gasteiger partial charge in [-0.1, -0.05) is 17.3 Å². The first-order valence-electron chi connectivity index (χ1n) is 5.90. The molecular weight excluding hydrogens is 244 g/mol. The lowest BCUT2D eigenvalue weighted by Crippen LogP contribution is -2.17. The van der Waals surface area contributed by atoms with Gasteiger partial charge in [0.1, 0.15) is 0 Å². The highest BCUT2D eigenvalue weighted by Gasteiger charge is 2.06. The van der Waals surface area contributed by atoms with Crippen LogP contribution in [0.1, 0.15) is 21.6 Å². The third kappa shape index (κ3) is 3.62. The lowest BCUT2D eigenvalue weighted by atomic mass is 10.1. The van der Waals surface area contributed by atoms with Gasteiger partial charge in [0.2, 0.25) is 0 Å². The molecule has 0 atom stereocenters. The summed E-state index contributed by atoms with van der Waals surface area (Å²) in [5.74, 6) is -0.903. The van der Waals surface area contributed by atoms with Crippen molar-refractivity contribution in [2.75, 3.05) is 7.05 Å². The van der Waals surface area contributed by atoms with Crippen molar-refractivity contribution in [1.29, 1.82) is 0 Å². The number of aryl methyl sites for hydroxylation is 1. The largest absolute Gasteiger partial charge is 0.478 e. The van der Waals surface area contributed by atoms with E-state index in [4.69, 9.17) is 5.11 Å². The zero-order chi connectivity index (χ0) is 13.8. The molecule has 19 heavy (non-hydrogen) atoms. The molecule has 2 rings (SSSR count). The lowest BCUT2D eigenvalue weighted by molar-refractivity contribution is 0.0697. The predicted octanol–water partition coefficient (Wildman–Crippen LogP) is 1.15. The topological polar surface area (TPSA) is 71.2 Å². The van der Waals surface area contributed by atoms with Crippen LogP contribution in [-0.4, -0.2) is 38.0 Å². The van der Waals surface area contributed by atoms with Crippen LogP contribution < -0.4 is 0 Å². The molecule has 1 aromatic heterocycles. The minimum Gasteiger partial charge on any atom is -0.478 e. The van der Waals surface area contributed by atoms with Crippen molar-refractivity contribution >= 4 is 5.97 Å². The van der Waals surface area contributed by atoms with E-state index in [0.29, 0.717) is 12.1 Å². The normalized spacial score (nSPS) is 10.9. The summed E-state index contributed by atoms with van der Waals surface area (Å²) >= 11 is 0. The van der Waals surface area contributed by atoms with E-state index in [0.717, 1.165) is 17.8 Å². The van der Waals surface area contributed by atoms with Gasteiger partial charge >= 0.3 is 5.97 Å². The van der Waals surface area contributed by atoms with Crippen molar-refractivity contribution in [2.24, 2.45) is 7.05 Å². The van der Waals surface area contributed by atoms with Gasteiger partial charge in [0.15, 0.2) is 0 Å². The van der Waals surface area contributed by atoms with Gasteiger partial charge in [-0.05, 0) is 24.7 Å². The summed E-state index contributed by atoms with van der Waals surface area (Å²) in [7, 11) is 3.82. The number of nitrogens with zero attached hydrogens (tertiary/aromatic N) is 4. The summed E-state index contributed by atoms with van der Waals surface area (Å²) in [5, 5.41) is 16.7. The summed E-state index contributed by atoms with van der Waals surface area (Å²) < 4.78 is 1.67. The monoisotopic (exact) mass is 260 g/mol. The molecule has 0 aliphatic rings. The molecule has 0 unspecified atom stereocenters. The standard InChI is InChI=1S/C13H16N4O2/c1-16(8-12-9-17(2)15-14-12)7-10-3-5-11(6-4-10)13(18)19/h3-6,9H,7-8H2,1-2H3,(H,18,19). The van der Waals surface area contributed by atoms with Gasteiger partial charge in [-0.2, -0.15) is 0 Å². The highest BCUT2D eigenvalue weighted by atomic mass is 16.4. The number of hydrogen-bond donors (Lipinski definition) is 1. The Morgan fingerprint density at radius 3 is 2.53 bits per heavy atom. The Bertz CT molecular complexity index is 562. The minimum absolute atomic E-state index is 0.306. The van der Waals surface area contributed by atoms with Crippen LogP contribution in [-0.2, 0) is 20.1 Å². The van der Waals surface area contributed by atoms with Crippen LogP contribution in [0.3, 0.4) is 0 Å². The molecule has 6 heteroatoms. The average molecular weight is 260 g/mol. The molecule has 0 fully saturated rings. The molecule has 0 saturated carbocycles. The van der Waals surface area contributed by atoms with Crippen molar-refractivity contribution in [3.05, 3.63) is 47.3 Å². The van der Waals surface area contributed by atoms with Gasteiger partial charge in [-0.3, -0.25) is 9.58 Å². The Morgan fingerprint density at radius 1 is 1.32 bits per heavy atom. The molecule has 6 nitrogen and oxygen atoms in total. The summed E-state index contributed by atoms with van der Waals surface area (Å²) in [6, 6.07) is 6.90. The molecule has 1 N–H and O–H groups in total. The quantitative estimate of drug-likeness (QED) is 0.873. The van der Waals surface area contributed by atoms with Crippen molar-refractivity contribution < 1.29 is 9.90 Å². The number of carbonyl (C=O) groups is 1. The van der Waals surface area contributed by atoms with Gasteiger partial charge in [-0.25, -0.2) is 4.79 Å². The Labute approximate surface area is 111 Å². The first-order valence-corrected chi connectivity index (χ1v) is 5.90.